The standard InChI is InChI=1S/C26H33N3O2/c1-18-25(30-17-20-5-6-20)10-8-23-24(28-31-26(18)23)9-7-19-11-13-29(14-12-19)16-22-4-2-3-21(22)15-27/h8,10,19-20H,2-7,9,11-14,16-17H2,1H3. The van der Waals surface area contributed by atoms with Crippen molar-refractivity contribution < 1.29 is 9.26 Å². The first-order chi connectivity index (χ1) is 15.2. The smallest absolute Gasteiger partial charge is 0.173 e. The number of aryl methyl sites for hydroxylation is 2. The highest BCUT2D eigenvalue weighted by Gasteiger charge is 2.24. The summed E-state index contributed by atoms with van der Waals surface area (Å²) >= 11 is 0. The highest BCUT2D eigenvalue weighted by atomic mass is 16.5. The first-order valence-corrected chi connectivity index (χ1v) is 12.0. The maximum Gasteiger partial charge on any atom is 0.173 e. The van der Waals surface area contributed by atoms with Crippen LogP contribution in [0.3, 0.4) is 0 Å². The highest BCUT2D eigenvalue weighted by Crippen LogP contribution is 2.34. The average Bonchev–Trinajstić information content (AvgIpc) is 3.35. The summed E-state index contributed by atoms with van der Waals surface area (Å²) in [7, 11) is 0. The summed E-state index contributed by atoms with van der Waals surface area (Å²) in [4.78, 5) is 2.55. The van der Waals surface area contributed by atoms with Gasteiger partial charge >= 0.3 is 0 Å². The minimum absolute atomic E-state index is 0.745. The number of nitriles is 1. The van der Waals surface area contributed by atoms with E-state index in [4.69, 9.17) is 9.26 Å². The molecule has 0 atom stereocenters. The molecule has 1 aliphatic heterocycles. The Balaban J connectivity index is 1.14. The van der Waals surface area contributed by atoms with E-state index in [9.17, 15) is 5.26 Å². The van der Waals surface area contributed by atoms with Crippen molar-refractivity contribution in [2.75, 3.05) is 26.2 Å². The lowest BCUT2D eigenvalue weighted by atomic mass is 9.90. The second-order valence-electron chi connectivity index (χ2n) is 9.75. The molecule has 164 valence electrons. The SMILES string of the molecule is Cc1c(OCC2CC2)ccc2c(CCC3CCN(CC4=C(C#N)CCC4)CC3)noc12. The summed E-state index contributed by atoms with van der Waals surface area (Å²) in [5.41, 5.74) is 5.49. The van der Waals surface area contributed by atoms with Crippen LogP contribution in [0.4, 0.5) is 0 Å². The molecule has 0 unspecified atom stereocenters. The number of allylic oxidation sites excluding steroid dienone is 1. The molecule has 3 aliphatic rings. The normalized spacial score (nSPS) is 20.5. The number of piperidine rings is 1. The summed E-state index contributed by atoms with van der Waals surface area (Å²) in [6.45, 7) is 6.20. The van der Waals surface area contributed by atoms with E-state index in [1.165, 1.54) is 37.7 Å². The molecular weight excluding hydrogens is 386 g/mol. The van der Waals surface area contributed by atoms with Gasteiger partial charge in [0.25, 0.3) is 0 Å². The summed E-state index contributed by atoms with van der Waals surface area (Å²) in [5.74, 6) is 2.43. The average molecular weight is 420 g/mol. The van der Waals surface area contributed by atoms with Crippen LogP contribution in [0.2, 0.25) is 0 Å². The van der Waals surface area contributed by atoms with Crippen molar-refractivity contribution in [3.8, 4) is 11.8 Å². The van der Waals surface area contributed by atoms with Crippen LogP contribution >= 0.6 is 0 Å². The Kier molecular flexibility index (Phi) is 6.00. The van der Waals surface area contributed by atoms with Gasteiger partial charge in [0.05, 0.1) is 18.4 Å². The van der Waals surface area contributed by atoms with Gasteiger partial charge in [-0.15, -0.1) is 0 Å². The zero-order valence-electron chi connectivity index (χ0n) is 18.7. The third kappa shape index (κ3) is 4.65. The quantitative estimate of drug-likeness (QED) is 0.559. The topological polar surface area (TPSA) is 62.3 Å². The summed E-state index contributed by atoms with van der Waals surface area (Å²) in [6, 6.07) is 6.63. The van der Waals surface area contributed by atoms with Crippen LogP contribution < -0.4 is 4.74 Å². The van der Waals surface area contributed by atoms with Crippen LogP contribution in [0.25, 0.3) is 11.0 Å². The monoisotopic (exact) mass is 419 g/mol. The largest absolute Gasteiger partial charge is 0.493 e. The van der Waals surface area contributed by atoms with Crippen molar-refractivity contribution in [1.82, 2.24) is 10.1 Å². The maximum absolute atomic E-state index is 9.28. The predicted molar refractivity (Wildman–Crippen MR) is 121 cm³/mol. The molecule has 1 aromatic carbocycles. The Morgan fingerprint density at radius 2 is 2.00 bits per heavy atom. The van der Waals surface area contributed by atoms with E-state index in [-0.39, 0.29) is 0 Å². The number of ether oxygens (including phenoxy) is 1. The van der Waals surface area contributed by atoms with E-state index < -0.39 is 0 Å². The van der Waals surface area contributed by atoms with Crippen LogP contribution in [-0.4, -0.2) is 36.3 Å². The van der Waals surface area contributed by atoms with E-state index in [0.29, 0.717) is 0 Å². The van der Waals surface area contributed by atoms with Crippen molar-refractivity contribution in [2.45, 2.75) is 64.7 Å². The second-order valence-corrected chi connectivity index (χ2v) is 9.75. The predicted octanol–water partition coefficient (Wildman–Crippen LogP) is 5.57. The molecule has 0 spiro atoms. The third-order valence-electron chi connectivity index (χ3n) is 7.46. The molecule has 2 aromatic rings. The number of likely N-dealkylation sites (tertiary alicyclic amines) is 1. The molecule has 0 radical (unpaired) electrons. The lowest BCUT2D eigenvalue weighted by molar-refractivity contribution is 0.190. The van der Waals surface area contributed by atoms with Crippen molar-refractivity contribution in [2.24, 2.45) is 11.8 Å². The van der Waals surface area contributed by atoms with Gasteiger partial charge in [-0.2, -0.15) is 5.26 Å². The highest BCUT2D eigenvalue weighted by molar-refractivity contribution is 5.84. The van der Waals surface area contributed by atoms with E-state index in [1.807, 2.05) is 0 Å². The molecule has 1 saturated heterocycles. The van der Waals surface area contributed by atoms with Gasteiger partial charge in [-0.1, -0.05) is 5.16 Å². The number of aromatic nitrogens is 1. The molecular formula is C26H33N3O2. The fourth-order valence-corrected chi connectivity index (χ4v) is 5.16. The van der Waals surface area contributed by atoms with Gasteiger partial charge in [-0.3, -0.25) is 4.90 Å². The van der Waals surface area contributed by atoms with E-state index in [0.717, 1.165) is 97.3 Å². The molecule has 1 saturated carbocycles. The lowest BCUT2D eigenvalue weighted by Crippen LogP contribution is -2.35. The molecule has 31 heavy (non-hydrogen) atoms. The minimum Gasteiger partial charge on any atom is -0.493 e. The van der Waals surface area contributed by atoms with Crippen LogP contribution in [-0.2, 0) is 6.42 Å². The summed E-state index contributed by atoms with van der Waals surface area (Å²) < 4.78 is 11.7. The van der Waals surface area contributed by atoms with Crippen LogP contribution in [0.15, 0.2) is 27.8 Å². The fraction of sp³-hybridized carbons (Fsp3) is 0.615. The number of fused-ring (bicyclic) bond motifs is 1. The molecule has 0 amide bonds. The van der Waals surface area contributed by atoms with Gasteiger partial charge in [-0.25, -0.2) is 0 Å². The van der Waals surface area contributed by atoms with E-state index in [2.05, 4.69) is 35.2 Å². The van der Waals surface area contributed by atoms with Crippen LogP contribution in [0.1, 0.15) is 62.6 Å². The molecule has 5 heteroatoms. The van der Waals surface area contributed by atoms with Crippen molar-refractivity contribution in [1.29, 1.82) is 5.26 Å². The summed E-state index contributed by atoms with van der Waals surface area (Å²) in [6.07, 6.45) is 10.5. The Bertz CT molecular complexity index is 1000. The fourth-order valence-electron chi connectivity index (χ4n) is 5.16. The first-order valence-electron chi connectivity index (χ1n) is 12.0. The molecule has 2 aliphatic carbocycles. The first kappa shape index (κ1) is 20.6. The zero-order valence-corrected chi connectivity index (χ0v) is 18.7. The zero-order chi connectivity index (χ0) is 21.2. The van der Waals surface area contributed by atoms with Gasteiger partial charge in [0.2, 0.25) is 0 Å². The lowest BCUT2D eigenvalue weighted by Gasteiger charge is -2.32. The molecule has 0 N–H and O–H groups in total. The molecule has 2 fully saturated rings. The van der Waals surface area contributed by atoms with Crippen molar-refractivity contribution >= 4 is 11.0 Å². The van der Waals surface area contributed by atoms with Gasteiger partial charge in [0.1, 0.15) is 5.75 Å². The Labute approximate surface area is 185 Å². The molecule has 0 bridgehead atoms. The Hall–Kier alpha value is -2.32. The number of nitrogens with zero attached hydrogens (tertiary/aromatic N) is 3. The molecule has 5 nitrogen and oxygen atoms in total. The van der Waals surface area contributed by atoms with Crippen LogP contribution in [0.5, 0.6) is 5.75 Å². The molecule has 1 aromatic heterocycles. The maximum atomic E-state index is 9.28. The van der Waals surface area contributed by atoms with Gasteiger partial charge in [-0.05, 0) is 107 Å². The van der Waals surface area contributed by atoms with Crippen molar-refractivity contribution in [3.63, 3.8) is 0 Å². The second kappa shape index (κ2) is 9.04. The molecule has 2 heterocycles. The van der Waals surface area contributed by atoms with Gasteiger partial charge < -0.3 is 9.26 Å². The number of benzene rings is 1. The number of rotatable bonds is 8. The Morgan fingerprint density at radius 3 is 2.77 bits per heavy atom. The molecule has 5 rings (SSSR count). The van der Waals surface area contributed by atoms with Gasteiger partial charge in [0, 0.05) is 23.1 Å². The van der Waals surface area contributed by atoms with E-state index in [1.54, 1.807) is 0 Å². The Morgan fingerprint density at radius 1 is 1.16 bits per heavy atom. The van der Waals surface area contributed by atoms with Gasteiger partial charge in [0.15, 0.2) is 5.58 Å². The van der Waals surface area contributed by atoms with Crippen molar-refractivity contribution in [3.05, 3.63) is 34.5 Å². The number of hydrogen-bond acceptors (Lipinski definition) is 5. The third-order valence-corrected chi connectivity index (χ3v) is 7.46. The minimum atomic E-state index is 0.745. The summed E-state index contributed by atoms with van der Waals surface area (Å²) in [5, 5.41) is 14.8. The number of hydrogen-bond donors (Lipinski definition) is 0. The van der Waals surface area contributed by atoms with E-state index >= 15 is 0 Å². The van der Waals surface area contributed by atoms with Crippen LogP contribution in [0, 0.1) is 30.1 Å².